The van der Waals surface area contributed by atoms with Crippen LogP contribution in [0.1, 0.15) is 59.2 Å². The maximum atomic E-state index is 13.1. The molecule has 0 atom stereocenters. The zero-order chi connectivity index (χ0) is 23.1. The lowest BCUT2D eigenvalue weighted by molar-refractivity contribution is -0.00571. The minimum absolute atomic E-state index is 0.0853. The molecule has 0 aliphatic carbocycles. The van der Waals surface area contributed by atoms with Crippen molar-refractivity contribution in [2.24, 2.45) is 0 Å². The van der Waals surface area contributed by atoms with E-state index in [1.807, 2.05) is 18.2 Å². The van der Waals surface area contributed by atoms with Gasteiger partial charge >= 0.3 is 0 Å². The predicted molar refractivity (Wildman–Crippen MR) is 123 cm³/mol. The molecule has 2 aromatic rings. The van der Waals surface area contributed by atoms with Crippen molar-refractivity contribution in [3.8, 4) is 5.75 Å². The summed E-state index contributed by atoms with van der Waals surface area (Å²) in [6.45, 7) is 2.07. The Morgan fingerprint density at radius 3 is 2.24 bits per heavy atom. The summed E-state index contributed by atoms with van der Waals surface area (Å²) in [6.07, 6.45) is 4.32. The number of hydrogen-bond acceptors (Lipinski definition) is 5. The molecule has 2 fully saturated rings. The molecule has 3 heterocycles. The fraction of sp³-hybridized carbons (Fsp3) is 0.440. The van der Waals surface area contributed by atoms with Crippen molar-refractivity contribution in [1.29, 1.82) is 0 Å². The molecule has 8 heteroatoms. The first-order valence-electron chi connectivity index (χ1n) is 11.6. The average molecular weight is 469 g/mol. The van der Waals surface area contributed by atoms with Gasteiger partial charge in [-0.3, -0.25) is 9.59 Å². The van der Waals surface area contributed by atoms with Crippen LogP contribution in [-0.2, 0) is 10.0 Å². The molecule has 0 saturated carbocycles. The lowest BCUT2D eigenvalue weighted by Gasteiger charge is -2.44. The largest absolute Gasteiger partial charge is 0.486 e. The van der Waals surface area contributed by atoms with Crippen LogP contribution in [-0.4, -0.2) is 61.1 Å². The van der Waals surface area contributed by atoms with Crippen LogP contribution in [0.25, 0.3) is 0 Å². The van der Waals surface area contributed by atoms with Gasteiger partial charge < -0.3 is 9.64 Å². The van der Waals surface area contributed by atoms with Gasteiger partial charge in [0.15, 0.2) is 5.78 Å². The minimum Gasteiger partial charge on any atom is -0.486 e. The molecule has 1 spiro atoms. The number of benzene rings is 2. The van der Waals surface area contributed by atoms with Crippen LogP contribution in [0.4, 0.5) is 0 Å². The standard InChI is InChI=1S/C25H28N2O5S/c28-22-18-25(32-23-7-3-2-6-21(22)23)12-16-26(17-13-25)24(29)19-8-10-20(11-9-19)33(30,31)27-14-4-1-5-15-27/h2-3,6-11H,1,4-5,12-18H2. The molecule has 0 N–H and O–H groups in total. The van der Waals surface area contributed by atoms with Gasteiger partial charge in [-0.25, -0.2) is 8.42 Å². The second-order valence-electron chi connectivity index (χ2n) is 9.16. The number of para-hydroxylation sites is 1. The molecule has 7 nitrogen and oxygen atoms in total. The number of piperidine rings is 2. The van der Waals surface area contributed by atoms with Crippen LogP contribution in [0.2, 0.25) is 0 Å². The molecule has 2 saturated heterocycles. The summed E-state index contributed by atoms with van der Waals surface area (Å²) < 4.78 is 33.5. The van der Waals surface area contributed by atoms with Crippen molar-refractivity contribution in [3.05, 3.63) is 59.7 Å². The van der Waals surface area contributed by atoms with Crippen molar-refractivity contribution >= 4 is 21.7 Å². The van der Waals surface area contributed by atoms with Crippen LogP contribution in [0, 0.1) is 0 Å². The van der Waals surface area contributed by atoms with E-state index in [-0.39, 0.29) is 16.6 Å². The minimum atomic E-state index is -3.52. The Morgan fingerprint density at radius 1 is 0.879 bits per heavy atom. The highest BCUT2D eigenvalue weighted by atomic mass is 32.2. The molecular weight excluding hydrogens is 440 g/mol. The zero-order valence-electron chi connectivity index (χ0n) is 18.5. The second kappa shape index (κ2) is 8.57. The quantitative estimate of drug-likeness (QED) is 0.689. The summed E-state index contributed by atoms with van der Waals surface area (Å²) in [5.41, 5.74) is 0.532. The smallest absolute Gasteiger partial charge is 0.253 e. The van der Waals surface area contributed by atoms with Crippen LogP contribution in [0.15, 0.2) is 53.4 Å². The number of fused-ring (bicyclic) bond motifs is 1. The number of ketones is 1. The highest BCUT2D eigenvalue weighted by molar-refractivity contribution is 7.89. The maximum absolute atomic E-state index is 13.1. The van der Waals surface area contributed by atoms with E-state index in [1.165, 1.54) is 16.4 Å². The van der Waals surface area contributed by atoms with E-state index >= 15 is 0 Å². The maximum Gasteiger partial charge on any atom is 0.253 e. The Morgan fingerprint density at radius 2 is 1.55 bits per heavy atom. The molecule has 3 aliphatic rings. The molecule has 2 aromatic carbocycles. The monoisotopic (exact) mass is 468 g/mol. The number of hydrogen-bond donors (Lipinski definition) is 0. The van der Waals surface area contributed by atoms with Gasteiger partial charge in [-0.2, -0.15) is 4.31 Å². The summed E-state index contributed by atoms with van der Waals surface area (Å²) in [7, 11) is -3.52. The van der Waals surface area contributed by atoms with Gasteiger partial charge in [0.05, 0.1) is 16.9 Å². The highest BCUT2D eigenvalue weighted by Gasteiger charge is 2.43. The Hall–Kier alpha value is -2.71. The number of sulfonamides is 1. The van der Waals surface area contributed by atoms with Crippen molar-refractivity contribution < 1.29 is 22.7 Å². The molecule has 3 aliphatic heterocycles. The Kier molecular flexibility index (Phi) is 5.74. The van der Waals surface area contributed by atoms with Gasteiger partial charge in [0, 0.05) is 44.6 Å². The van der Waals surface area contributed by atoms with Crippen LogP contribution in [0.3, 0.4) is 0 Å². The summed E-state index contributed by atoms with van der Waals surface area (Å²) in [5.74, 6) is 0.579. The SMILES string of the molecule is O=C1CC2(CCN(C(=O)c3ccc(S(=O)(=O)N4CCCCC4)cc3)CC2)Oc2ccccc21. The van der Waals surface area contributed by atoms with Gasteiger partial charge in [-0.05, 0) is 49.2 Å². The Bertz CT molecular complexity index is 1160. The van der Waals surface area contributed by atoms with Gasteiger partial charge in [-0.15, -0.1) is 0 Å². The van der Waals surface area contributed by atoms with E-state index in [4.69, 9.17) is 4.74 Å². The number of likely N-dealkylation sites (tertiary alicyclic amines) is 1. The van der Waals surface area contributed by atoms with Crippen molar-refractivity contribution in [2.45, 2.75) is 49.0 Å². The molecule has 33 heavy (non-hydrogen) atoms. The van der Waals surface area contributed by atoms with Crippen LogP contribution in [0.5, 0.6) is 5.75 Å². The molecule has 174 valence electrons. The topological polar surface area (TPSA) is 84.0 Å². The summed E-state index contributed by atoms with van der Waals surface area (Å²) in [5, 5.41) is 0. The summed E-state index contributed by atoms with van der Waals surface area (Å²) in [6, 6.07) is 13.6. The fourth-order valence-corrected chi connectivity index (χ4v) is 6.56. The van der Waals surface area contributed by atoms with E-state index in [2.05, 4.69) is 0 Å². The number of rotatable bonds is 3. The van der Waals surface area contributed by atoms with Crippen molar-refractivity contribution in [3.63, 3.8) is 0 Å². The van der Waals surface area contributed by atoms with E-state index in [0.29, 0.717) is 62.3 Å². The Balaban J connectivity index is 1.25. The average Bonchev–Trinajstić information content (AvgIpc) is 2.85. The molecule has 1 amide bonds. The van der Waals surface area contributed by atoms with Gasteiger partial charge in [0.2, 0.25) is 10.0 Å². The molecular formula is C25H28N2O5S. The van der Waals surface area contributed by atoms with Crippen molar-refractivity contribution in [2.75, 3.05) is 26.2 Å². The number of nitrogens with zero attached hydrogens (tertiary/aromatic N) is 2. The fourth-order valence-electron chi connectivity index (χ4n) is 5.05. The lowest BCUT2D eigenvalue weighted by atomic mass is 9.82. The van der Waals surface area contributed by atoms with E-state index in [9.17, 15) is 18.0 Å². The highest BCUT2D eigenvalue weighted by Crippen LogP contribution is 2.39. The molecule has 0 radical (unpaired) electrons. The first-order chi connectivity index (χ1) is 15.9. The normalized spacial score (nSPS) is 20.8. The van der Waals surface area contributed by atoms with Gasteiger partial charge in [-0.1, -0.05) is 18.6 Å². The van der Waals surface area contributed by atoms with Crippen molar-refractivity contribution in [1.82, 2.24) is 9.21 Å². The predicted octanol–water partition coefficient (Wildman–Crippen LogP) is 3.50. The molecule has 0 aromatic heterocycles. The van der Waals surface area contributed by atoms with Gasteiger partial charge in [0.1, 0.15) is 11.4 Å². The number of carbonyl (C=O) groups is 2. The van der Waals surface area contributed by atoms with E-state index in [1.54, 1.807) is 23.1 Å². The third-order valence-corrected chi connectivity index (χ3v) is 8.93. The molecule has 0 unspecified atom stereocenters. The summed E-state index contributed by atoms with van der Waals surface area (Å²) >= 11 is 0. The first-order valence-corrected chi connectivity index (χ1v) is 13.0. The number of ether oxygens (including phenoxy) is 1. The van der Waals surface area contributed by atoms with Crippen LogP contribution < -0.4 is 4.74 Å². The second-order valence-corrected chi connectivity index (χ2v) is 11.1. The third-order valence-electron chi connectivity index (χ3n) is 7.01. The van der Waals surface area contributed by atoms with Gasteiger partial charge in [0.25, 0.3) is 5.91 Å². The Labute approximate surface area is 194 Å². The first kappa shape index (κ1) is 22.1. The zero-order valence-corrected chi connectivity index (χ0v) is 19.4. The third kappa shape index (κ3) is 4.17. The number of amides is 1. The van der Waals surface area contributed by atoms with E-state index in [0.717, 1.165) is 19.3 Å². The lowest BCUT2D eigenvalue weighted by Crippen LogP contribution is -2.52. The van der Waals surface area contributed by atoms with E-state index < -0.39 is 15.6 Å². The van der Waals surface area contributed by atoms with Crippen LogP contribution >= 0.6 is 0 Å². The summed E-state index contributed by atoms with van der Waals surface area (Å²) in [4.78, 5) is 27.7. The number of carbonyl (C=O) groups excluding carboxylic acids is 2. The molecule has 5 rings (SSSR count). The number of Topliss-reactive ketones (excluding diaryl/α,β-unsaturated/α-hetero) is 1. The molecule has 0 bridgehead atoms.